The number of aryl methyl sites for hydroxylation is 2. The lowest BCUT2D eigenvalue weighted by Crippen LogP contribution is -2.23. The van der Waals surface area contributed by atoms with Crippen molar-refractivity contribution in [3.63, 3.8) is 0 Å². The molecule has 0 bridgehead atoms. The van der Waals surface area contributed by atoms with Crippen molar-refractivity contribution in [2.45, 2.75) is 37.1 Å². The molecule has 0 aliphatic heterocycles. The Kier molecular flexibility index (Phi) is 6.08. The van der Waals surface area contributed by atoms with Gasteiger partial charge in [-0.05, 0) is 61.1 Å². The van der Waals surface area contributed by atoms with Gasteiger partial charge in [-0.25, -0.2) is 21.9 Å². The Bertz CT molecular complexity index is 1240. The quantitative estimate of drug-likeness (QED) is 0.582. The molecule has 0 unspecified atom stereocenters. The molecule has 1 aliphatic rings. The molecule has 162 valence electrons. The third-order valence-electron chi connectivity index (χ3n) is 4.88. The van der Waals surface area contributed by atoms with Crippen molar-refractivity contribution in [2.75, 3.05) is 5.32 Å². The lowest BCUT2D eigenvalue weighted by atomic mass is 9.92. The molecule has 7 nitrogen and oxygen atoms in total. The minimum Gasteiger partial charge on any atom is -0.317 e. The summed E-state index contributed by atoms with van der Waals surface area (Å²) >= 11 is 0.870. The predicted molar refractivity (Wildman–Crippen MR) is 111 cm³/mol. The van der Waals surface area contributed by atoms with E-state index < -0.39 is 27.6 Å². The Balaban J connectivity index is 1.41. The fourth-order valence-corrected chi connectivity index (χ4v) is 5.10. The molecule has 0 radical (unpaired) electrons. The lowest BCUT2D eigenvalue weighted by molar-refractivity contribution is 0.102. The number of rotatable bonds is 6. The maximum absolute atomic E-state index is 13.7. The van der Waals surface area contributed by atoms with Gasteiger partial charge in [0.05, 0.1) is 17.1 Å². The summed E-state index contributed by atoms with van der Waals surface area (Å²) in [5, 5.41) is 10.0. The maximum Gasteiger partial charge on any atom is 0.286 e. The van der Waals surface area contributed by atoms with Crippen LogP contribution in [0, 0.1) is 11.6 Å². The topological polar surface area (TPSA) is 101 Å². The standard InChI is InChI=1S/C20H18F2N4O3S2/c21-14-6-8-17(16(22)10-14)24-19(27)20-26-25-18(30-20)11-23-31(28,29)15-7-5-12-3-1-2-4-13(12)9-15/h5-10,23H,1-4,11H2,(H,24,27). The van der Waals surface area contributed by atoms with Gasteiger partial charge in [-0.15, -0.1) is 10.2 Å². The molecule has 0 saturated carbocycles. The lowest BCUT2D eigenvalue weighted by Gasteiger charge is -2.16. The van der Waals surface area contributed by atoms with Crippen LogP contribution >= 0.6 is 11.3 Å². The van der Waals surface area contributed by atoms with Gasteiger partial charge in [0, 0.05) is 6.07 Å². The second kappa shape index (κ2) is 8.77. The Morgan fingerprint density at radius 3 is 2.58 bits per heavy atom. The van der Waals surface area contributed by atoms with Crippen LogP contribution in [0.2, 0.25) is 0 Å². The first-order chi connectivity index (χ1) is 14.8. The largest absolute Gasteiger partial charge is 0.317 e. The number of halogens is 2. The Morgan fingerprint density at radius 1 is 1.03 bits per heavy atom. The number of anilines is 1. The second-order valence-electron chi connectivity index (χ2n) is 7.04. The van der Waals surface area contributed by atoms with Crippen LogP contribution < -0.4 is 10.0 Å². The molecule has 31 heavy (non-hydrogen) atoms. The summed E-state index contributed by atoms with van der Waals surface area (Å²) in [6, 6.07) is 7.90. The predicted octanol–water partition coefficient (Wildman–Crippen LogP) is 3.43. The van der Waals surface area contributed by atoms with Gasteiger partial charge in [0.25, 0.3) is 5.91 Å². The summed E-state index contributed by atoms with van der Waals surface area (Å²) in [6.07, 6.45) is 3.97. The fourth-order valence-electron chi connectivity index (χ4n) is 3.30. The molecule has 0 atom stereocenters. The number of benzene rings is 2. The third kappa shape index (κ3) is 4.94. The zero-order valence-electron chi connectivity index (χ0n) is 16.2. The monoisotopic (exact) mass is 464 g/mol. The van der Waals surface area contributed by atoms with E-state index in [9.17, 15) is 22.0 Å². The normalized spacial score (nSPS) is 13.6. The summed E-state index contributed by atoms with van der Waals surface area (Å²) in [4.78, 5) is 12.4. The van der Waals surface area contributed by atoms with Gasteiger partial charge in [-0.2, -0.15) is 0 Å². The number of fused-ring (bicyclic) bond motifs is 1. The van der Waals surface area contributed by atoms with Crippen molar-refractivity contribution >= 4 is 33.0 Å². The number of nitrogens with zero attached hydrogens (tertiary/aromatic N) is 2. The smallest absolute Gasteiger partial charge is 0.286 e. The van der Waals surface area contributed by atoms with E-state index in [1.165, 1.54) is 5.56 Å². The molecular weight excluding hydrogens is 446 g/mol. The highest BCUT2D eigenvalue weighted by Crippen LogP contribution is 2.24. The van der Waals surface area contributed by atoms with Crippen LogP contribution in [0.4, 0.5) is 14.5 Å². The van der Waals surface area contributed by atoms with Crippen molar-refractivity contribution < 1.29 is 22.0 Å². The molecule has 1 heterocycles. The Morgan fingerprint density at radius 2 is 1.81 bits per heavy atom. The van der Waals surface area contributed by atoms with E-state index >= 15 is 0 Å². The van der Waals surface area contributed by atoms with Gasteiger partial charge in [-0.1, -0.05) is 17.4 Å². The van der Waals surface area contributed by atoms with E-state index in [4.69, 9.17) is 0 Å². The van der Waals surface area contributed by atoms with Crippen LogP contribution in [0.1, 0.15) is 38.8 Å². The first-order valence-corrected chi connectivity index (χ1v) is 11.8. The number of aromatic nitrogens is 2. The highest BCUT2D eigenvalue weighted by Gasteiger charge is 2.20. The van der Waals surface area contributed by atoms with Gasteiger partial charge >= 0.3 is 0 Å². The van der Waals surface area contributed by atoms with Gasteiger partial charge < -0.3 is 5.32 Å². The molecule has 2 aromatic carbocycles. The zero-order valence-corrected chi connectivity index (χ0v) is 17.8. The average molecular weight is 465 g/mol. The molecule has 2 N–H and O–H groups in total. The van der Waals surface area contributed by atoms with Gasteiger partial charge in [0.15, 0.2) is 0 Å². The summed E-state index contributed by atoms with van der Waals surface area (Å²) in [7, 11) is -3.76. The SMILES string of the molecule is O=C(Nc1ccc(F)cc1F)c1nnc(CNS(=O)(=O)c2ccc3c(c2)CCCC3)s1. The van der Waals surface area contributed by atoms with Crippen LogP contribution in [-0.4, -0.2) is 24.5 Å². The highest BCUT2D eigenvalue weighted by atomic mass is 32.2. The summed E-state index contributed by atoms with van der Waals surface area (Å²) in [5.74, 6) is -2.41. The molecule has 0 saturated heterocycles. The number of carbonyl (C=O) groups excluding carboxylic acids is 1. The molecule has 0 fully saturated rings. The molecule has 1 aliphatic carbocycles. The maximum atomic E-state index is 13.7. The van der Waals surface area contributed by atoms with Crippen molar-refractivity contribution in [2.24, 2.45) is 0 Å². The van der Waals surface area contributed by atoms with E-state index in [0.29, 0.717) is 6.07 Å². The zero-order chi connectivity index (χ0) is 22.0. The number of carbonyl (C=O) groups is 1. The number of nitrogens with one attached hydrogen (secondary N) is 2. The van der Waals surface area contributed by atoms with E-state index in [1.807, 2.05) is 6.07 Å². The van der Waals surface area contributed by atoms with Gasteiger partial charge in [0.2, 0.25) is 15.0 Å². The number of sulfonamides is 1. The molecule has 1 amide bonds. The van der Waals surface area contributed by atoms with Crippen LogP contribution in [-0.2, 0) is 29.4 Å². The van der Waals surface area contributed by atoms with Gasteiger partial charge in [0.1, 0.15) is 16.6 Å². The van der Waals surface area contributed by atoms with Crippen LogP contribution in [0.25, 0.3) is 0 Å². The van der Waals surface area contributed by atoms with Crippen molar-refractivity contribution in [1.82, 2.24) is 14.9 Å². The van der Waals surface area contributed by atoms with E-state index in [0.717, 1.165) is 54.7 Å². The van der Waals surface area contributed by atoms with Gasteiger partial charge in [-0.3, -0.25) is 4.79 Å². The first-order valence-electron chi connectivity index (χ1n) is 9.52. The molecular formula is C20H18F2N4O3S2. The Labute approximate surface area is 181 Å². The number of hydrogen-bond donors (Lipinski definition) is 2. The van der Waals surface area contributed by atoms with Crippen LogP contribution in [0.3, 0.4) is 0 Å². The van der Waals surface area contributed by atoms with Crippen molar-refractivity contribution in [3.05, 3.63) is 69.2 Å². The second-order valence-corrected chi connectivity index (χ2v) is 9.87. The third-order valence-corrected chi connectivity index (χ3v) is 7.21. The first kappa shape index (κ1) is 21.5. The van der Waals surface area contributed by atoms with Crippen molar-refractivity contribution in [3.8, 4) is 0 Å². The van der Waals surface area contributed by atoms with E-state index in [1.54, 1.807) is 12.1 Å². The minimum atomic E-state index is -3.76. The average Bonchev–Trinajstić information content (AvgIpc) is 3.23. The van der Waals surface area contributed by atoms with E-state index in [2.05, 4.69) is 20.2 Å². The molecule has 3 aromatic rings. The molecule has 4 rings (SSSR count). The number of hydrogen-bond acceptors (Lipinski definition) is 6. The van der Waals surface area contributed by atoms with Crippen LogP contribution in [0.5, 0.6) is 0 Å². The van der Waals surface area contributed by atoms with E-state index in [-0.39, 0.29) is 27.1 Å². The van der Waals surface area contributed by atoms with Crippen molar-refractivity contribution in [1.29, 1.82) is 0 Å². The number of amides is 1. The molecule has 0 spiro atoms. The molecule has 1 aromatic heterocycles. The summed E-state index contributed by atoms with van der Waals surface area (Å²) in [6.45, 7) is -0.144. The summed E-state index contributed by atoms with van der Waals surface area (Å²) < 4.78 is 54.4. The van der Waals surface area contributed by atoms with Crippen LogP contribution in [0.15, 0.2) is 41.3 Å². The fraction of sp³-hybridized carbons (Fsp3) is 0.250. The summed E-state index contributed by atoms with van der Waals surface area (Å²) in [5.41, 5.74) is 2.04. The molecule has 11 heteroatoms. The minimum absolute atomic E-state index is 0.0771. The highest BCUT2D eigenvalue weighted by molar-refractivity contribution is 7.89. The Hall–Kier alpha value is -2.76.